The molecule has 0 aromatic heterocycles. The summed E-state index contributed by atoms with van der Waals surface area (Å²) >= 11 is 0. The second-order valence-corrected chi connectivity index (χ2v) is 10.1. The fourth-order valence-corrected chi connectivity index (χ4v) is 5.32. The molecule has 0 unspecified atom stereocenters. The summed E-state index contributed by atoms with van der Waals surface area (Å²) in [4.78, 5) is 24.0. The van der Waals surface area contributed by atoms with E-state index in [1.165, 1.54) is 12.1 Å². The Kier molecular flexibility index (Phi) is 7.74. The van der Waals surface area contributed by atoms with Crippen LogP contribution in [-0.2, 0) is 29.6 Å². The lowest BCUT2D eigenvalue weighted by Gasteiger charge is -2.10. The molecule has 30 heavy (non-hydrogen) atoms. The van der Waals surface area contributed by atoms with Crippen molar-refractivity contribution in [3.8, 4) is 0 Å². The van der Waals surface area contributed by atoms with E-state index in [-0.39, 0.29) is 35.5 Å². The first-order chi connectivity index (χ1) is 14.0. The Morgan fingerprint density at radius 1 is 0.667 bits per heavy atom. The molecule has 2 aromatic rings. The lowest BCUT2D eigenvalue weighted by Crippen LogP contribution is -2.31. The van der Waals surface area contributed by atoms with Crippen molar-refractivity contribution >= 4 is 31.9 Å². The molecule has 0 saturated heterocycles. The van der Waals surface area contributed by atoms with E-state index in [0.29, 0.717) is 11.1 Å². The van der Waals surface area contributed by atoms with Crippen LogP contribution in [0.4, 0.5) is 0 Å². The highest BCUT2D eigenvalue weighted by Gasteiger charge is 2.20. The minimum absolute atomic E-state index is 0.0270. The van der Waals surface area contributed by atoms with Crippen LogP contribution in [0, 0.1) is 13.8 Å². The molecule has 10 heteroatoms. The number of nitrogens with one attached hydrogen (secondary N) is 2. The lowest BCUT2D eigenvalue weighted by atomic mass is 10.2. The smallest absolute Gasteiger partial charge is 0.264 e. The van der Waals surface area contributed by atoms with E-state index < -0.39 is 31.9 Å². The highest BCUT2D eigenvalue weighted by Crippen LogP contribution is 2.15. The largest absolute Gasteiger partial charge is 0.274 e. The van der Waals surface area contributed by atoms with E-state index in [1.54, 1.807) is 50.2 Å². The number of hydrogen-bond acceptors (Lipinski definition) is 6. The molecule has 0 aliphatic rings. The molecule has 162 valence electrons. The van der Waals surface area contributed by atoms with Crippen LogP contribution in [0.25, 0.3) is 0 Å². The fraction of sp³-hybridized carbons (Fsp3) is 0.300. The molecule has 0 atom stereocenters. The van der Waals surface area contributed by atoms with E-state index in [2.05, 4.69) is 0 Å². The molecule has 2 rings (SSSR count). The van der Waals surface area contributed by atoms with Crippen molar-refractivity contribution in [1.82, 2.24) is 9.44 Å². The van der Waals surface area contributed by atoms with Crippen molar-refractivity contribution in [3.05, 3.63) is 59.7 Å². The Balaban J connectivity index is 1.81. The van der Waals surface area contributed by atoms with Crippen LogP contribution in [-0.4, -0.2) is 28.6 Å². The predicted octanol–water partition coefficient (Wildman–Crippen LogP) is 2.17. The summed E-state index contributed by atoms with van der Waals surface area (Å²) in [5, 5.41) is 0. The fourth-order valence-electron chi connectivity index (χ4n) is 2.80. The van der Waals surface area contributed by atoms with E-state index in [4.69, 9.17) is 0 Å². The third-order valence-electron chi connectivity index (χ3n) is 4.32. The number of aryl methyl sites for hydroxylation is 2. The summed E-state index contributed by atoms with van der Waals surface area (Å²) in [5.41, 5.74) is 1.04. The van der Waals surface area contributed by atoms with Gasteiger partial charge in [0, 0.05) is 12.8 Å². The number of sulfonamides is 2. The van der Waals surface area contributed by atoms with Crippen molar-refractivity contribution in [2.45, 2.75) is 49.3 Å². The summed E-state index contributed by atoms with van der Waals surface area (Å²) in [6.45, 7) is 3.26. The van der Waals surface area contributed by atoms with Gasteiger partial charge >= 0.3 is 0 Å². The zero-order chi connectivity index (χ0) is 22.4. The minimum Gasteiger partial charge on any atom is -0.274 e. The molecule has 0 heterocycles. The van der Waals surface area contributed by atoms with Gasteiger partial charge < -0.3 is 0 Å². The molecular formula is C20H24N2O6S2. The highest BCUT2D eigenvalue weighted by molar-refractivity contribution is 7.90. The average Bonchev–Trinajstić information content (AvgIpc) is 2.65. The van der Waals surface area contributed by atoms with Gasteiger partial charge in [-0.2, -0.15) is 0 Å². The van der Waals surface area contributed by atoms with Crippen molar-refractivity contribution in [2.24, 2.45) is 0 Å². The lowest BCUT2D eigenvalue weighted by molar-refractivity contribution is -0.121. The maximum absolute atomic E-state index is 12.3. The Labute approximate surface area is 176 Å². The molecule has 8 nitrogen and oxygen atoms in total. The van der Waals surface area contributed by atoms with Gasteiger partial charge in [0.05, 0.1) is 9.79 Å². The number of amides is 2. The average molecular weight is 453 g/mol. The molecule has 2 amide bonds. The van der Waals surface area contributed by atoms with Crippen molar-refractivity contribution in [1.29, 1.82) is 0 Å². The molecule has 2 N–H and O–H groups in total. The van der Waals surface area contributed by atoms with E-state index in [9.17, 15) is 26.4 Å². The normalized spacial score (nSPS) is 11.7. The van der Waals surface area contributed by atoms with Crippen LogP contribution < -0.4 is 9.44 Å². The molecule has 0 aliphatic carbocycles. The maximum atomic E-state index is 12.3. The third kappa shape index (κ3) is 6.39. The van der Waals surface area contributed by atoms with Crippen LogP contribution in [0.2, 0.25) is 0 Å². The second kappa shape index (κ2) is 9.86. The Hall–Kier alpha value is -2.72. The first-order valence-electron chi connectivity index (χ1n) is 9.25. The molecule has 0 radical (unpaired) electrons. The molecule has 0 spiro atoms. The van der Waals surface area contributed by atoms with Gasteiger partial charge in [-0.1, -0.05) is 36.4 Å². The molecule has 0 saturated carbocycles. The number of benzene rings is 2. The van der Waals surface area contributed by atoms with Crippen LogP contribution in [0.3, 0.4) is 0 Å². The van der Waals surface area contributed by atoms with Gasteiger partial charge in [0.15, 0.2) is 0 Å². The minimum atomic E-state index is -3.96. The molecular weight excluding hydrogens is 428 g/mol. The highest BCUT2D eigenvalue weighted by atomic mass is 32.2. The van der Waals surface area contributed by atoms with Crippen LogP contribution in [0.1, 0.15) is 36.8 Å². The number of hydrogen-bond donors (Lipinski definition) is 2. The van der Waals surface area contributed by atoms with E-state index in [1.807, 2.05) is 9.44 Å². The van der Waals surface area contributed by atoms with Gasteiger partial charge in [-0.25, -0.2) is 26.3 Å². The quantitative estimate of drug-likeness (QED) is 0.562. The SMILES string of the molecule is Cc1ccccc1S(=O)(=O)NC(=O)CCCCC(=O)NS(=O)(=O)c1ccccc1C. The maximum Gasteiger partial charge on any atom is 0.264 e. The topological polar surface area (TPSA) is 126 Å². The number of unbranched alkanes of at least 4 members (excludes halogenated alkanes) is 1. The molecule has 0 bridgehead atoms. The second-order valence-electron chi connectivity index (χ2n) is 6.80. The van der Waals surface area contributed by atoms with Gasteiger partial charge in [0.25, 0.3) is 20.0 Å². The summed E-state index contributed by atoms with van der Waals surface area (Å²) in [5.74, 6) is -1.38. The van der Waals surface area contributed by atoms with Crippen LogP contribution >= 0.6 is 0 Å². The Bertz CT molecular complexity index is 1050. The number of carbonyl (C=O) groups excluding carboxylic acids is 2. The van der Waals surface area contributed by atoms with Crippen molar-refractivity contribution in [2.75, 3.05) is 0 Å². The number of carbonyl (C=O) groups is 2. The van der Waals surface area contributed by atoms with Gasteiger partial charge in [0.1, 0.15) is 0 Å². The predicted molar refractivity (Wildman–Crippen MR) is 111 cm³/mol. The van der Waals surface area contributed by atoms with E-state index in [0.717, 1.165) is 0 Å². The summed E-state index contributed by atoms with van der Waals surface area (Å²) in [6, 6.07) is 12.6. The zero-order valence-corrected chi connectivity index (χ0v) is 18.3. The Morgan fingerprint density at radius 2 is 1.00 bits per heavy atom. The van der Waals surface area contributed by atoms with E-state index >= 15 is 0 Å². The Morgan fingerprint density at radius 3 is 1.33 bits per heavy atom. The summed E-state index contributed by atoms with van der Waals surface area (Å²) < 4.78 is 53.1. The van der Waals surface area contributed by atoms with Crippen LogP contribution in [0.15, 0.2) is 58.3 Å². The van der Waals surface area contributed by atoms with Crippen molar-refractivity contribution in [3.63, 3.8) is 0 Å². The number of rotatable bonds is 9. The first-order valence-corrected chi connectivity index (χ1v) is 12.2. The van der Waals surface area contributed by atoms with Crippen molar-refractivity contribution < 1.29 is 26.4 Å². The van der Waals surface area contributed by atoms with Gasteiger partial charge in [-0.05, 0) is 49.9 Å². The zero-order valence-electron chi connectivity index (χ0n) is 16.7. The van der Waals surface area contributed by atoms with Crippen LogP contribution in [0.5, 0.6) is 0 Å². The van der Waals surface area contributed by atoms with Gasteiger partial charge in [0.2, 0.25) is 11.8 Å². The third-order valence-corrected chi connectivity index (χ3v) is 7.39. The molecule has 0 aliphatic heterocycles. The molecule has 0 fully saturated rings. The van der Waals surface area contributed by atoms with Gasteiger partial charge in [-0.15, -0.1) is 0 Å². The van der Waals surface area contributed by atoms with Gasteiger partial charge in [-0.3, -0.25) is 9.59 Å². The monoisotopic (exact) mass is 452 g/mol. The first kappa shape index (κ1) is 23.6. The summed E-state index contributed by atoms with van der Waals surface area (Å²) in [7, 11) is -7.92. The summed E-state index contributed by atoms with van der Waals surface area (Å²) in [6.07, 6.45) is 0.242. The molecule has 2 aromatic carbocycles. The standard InChI is InChI=1S/C20H24N2O6S2/c1-15-9-3-5-11-17(15)29(25,26)21-19(23)13-7-8-14-20(24)22-30(27,28)18-12-6-4-10-16(18)2/h3-6,9-12H,7-8,13-14H2,1-2H3,(H,21,23)(H,22,24).